The van der Waals surface area contributed by atoms with Crippen molar-refractivity contribution in [3.63, 3.8) is 0 Å². The van der Waals surface area contributed by atoms with E-state index in [1.807, 2.05) is 6.92 Å². The SMILES string of the molecule is Cc1cc(NC(=O)c2ccc[nH]c2=O)ccn1. The molecule has 0 saturated carbocycles. The van der Waals surface area contributed by atoms with E-state index in [4.69, 9.17) is 0 Å². The standard InChI is InChI=1S/C12H11N3O2/c1-8-7-9(4-6-13-8)15-12(17)10-3-2-5-14-11(10)16/h2-7H,1H3,(H,14,16)(H,13,15,17). The number of hydrogen-bond donors (Lipinski definition) is 2. The van der Waals surface area contributed by atoms with Crippen molar-refractivity contribution < 1.29 is 4.79 Å². The first-order valence-corrected chi connectivity index (χ1v) is 5.08. The Morgan fingerprint density at radius 1 is 1.41 bits per heavy atom. The van der Waals surface area contributed by atoms with Crippen LogP contribution in [0.5, 0.6) is 0 Å². The molecular weight excluding hydrogens is 218 g/mol. The second kappa shape index (κ2) is 4.61. The zero-order valence-corrected chi connectivity index (χ0v) is 9.23. The second-order valence-electron chi connectivity index (χ2n) is 3.55. The fourth-order valence-electron chi connectivity index (χ4n) is 1.42. The average molecular weight is 229 g/mol. The molecule has 0 saturated heterocycles. The molecule has 0 bridgehead atoms. The summed E-state index contributed by atoms with van der Waals surface area (Å²) in [5, 5.41) is 2.64. The van der Waals surface area contributed by atoms with E-state index in [1.54, 1.807) is 24.4 Å². The van der Waals surface area contributed by atoms with E-state index in [9.17, 15) is 9.59 Å². The predicted octanol–water partition coefficient (Wildman–Crippen LogP) is 1.33. The van der Waals surface area contributed by atoms with Crippen molar-refractivity contribution in [2.75, 3.05) is 5.32 Å². The van der Waals surface area contributed by atoms with E-state index in [0.717, 1.165) is 5.69 Å². The third kappa shape index (κ3) is 2.57. The summed E-state index contributed by atoms with van der Waals surface area (Å²) < 4.78 is 0. The van der Waals surface area contributed by atoms with Gasteiger partial charge in [0.05, 0.1) is 0 Å². The lowest BCUT2D eigenvalue weighted by Gasteiger charge is -2.04. The zero-order chi connectivity index (χ0) is 12.3. The first-order chi connectivity index (χ1) is 8.16. The highest BCUT2D eigenvalue weighted by Crippen LogP contribution is 2.08. The minimum Gasteiger partial charge on any atom is -0.328 e. The van der Waals surface area contributed by atoms with Crippen molar-refractivity contribution in [1.29, 1.82) is 0 Å². The number of aromatic nitrogens is 2. The lowest BCUT2D eigenvalue weighted by Crippen LogP contribution is -2.22. The molecular formula is C12H11N3O2. The Hall–Kier alpha value is -2.43. The Morgan fingerprint density at radius 3 is 2.94 bits per heavy atom. The first-order valence-electron chi connectivity index (χ1n) is 5.08. The van der Waals surface area contributed by atoms with E-state index >= 15 is 0 Å². The van der Waals surface area contributed by atoms with Gasteiger partial charge in [-0.15, -0.1) is 0 Å². The minimum absolute atomic E-state index is 0.0852. The minimum atomic E-state index is -0.433. The molecule has 5 nitrogen and oxygen atoms in total. The highest BCUT2D eigenvalue weighted by Gasteiger charge is 2.09. The summed E-state index contributed by atoms with van der Waals surface area (Å²) in [6.07, 6.45) is 3.08. The molecule has 2 N–H and O–H groups in total. The molecule has 0 unspecified atom stereocenters. The first kappa shape index (κ1) is 11.1. The van der Waals surface area contributed by atoms with Crippen LogP contribution in [0.15, 0.2) is 41.5 Å². The van der Waals surface area contributed by atoms with Crippen LogP contribution in [0.4, 0.5) is 5.69 Å². The fourth-order valence-corrected chi connectivity index (χ4v) is 1.42. The summed E-state index contributed by atoms with van der Waals surface area (Å²) in [4.78, 5) is 29.7. The third-order valence-electron chi connectivity index (χ3n) is 2.22. The van der Waals surface area contributed by atoms with Crippen LogP contribution in [0.25, 0.3) is 0 Å². The topological polar surface area (TPSA) is 74.8 Å². The Labute approximate surface area is 97.5 Å². The van der Waals surface area contributed by atoms with Crippen molar-refractivity contribution in [2.45, 2.75) is 6.92 Å². The molecule has 17 heavy (non-hydrogen) atoms. The quantitative estimate of drug-likeness (QED) is 0.815. The molecule has 0 atom stereocenters. The molecule has 0 fully saturated rings. The van der Waals surface area contributed by atoms with Crippen LogP contribution in [0.3, 0.4) is 0 Å². The van der Waals surface area contributed by atoms with Crippen LogP contribution in [-0.4, -0.2) is 15.9 Å². The second-order valence-corrected chi connectivity index (χ2v) is 3.55. The average Bonchev–Trinajstić information content (AvgIpc) is 2.29. The lowest BCUT2D eigenvalue weighted by atomic mass is 10.2. The van der Waals surface area contributed by atoms with Gasteiger partial charge < -0.3 is 10.3 Å². The van der Waals surface area contributed by atoms with E-state index in [2.05, 4.69) is 15.3 Å². The molecule has 2 heterocycles. The van der Waals surface area contributed by atoms with Gasteiger partial charge in [-0.05, 0) is 31.2 Å². The van der Waals surface area contributed by atoms with Crippen LogP contribution in [-0.2, 0) is 0 Å². The maximum absolute atomic E-state index is 11.8. The van der Waals surface area contributed by atoms with Gasteiger partial charge in [0, 0.05) is 23.8 Å². The van der Waals surface area contributed by atoms with Crippen molar-refractivity contribution >= 4 is 11.6 Å². The highest BCUT2D eigenvalue weighted by molar-refractivity contribution is 6.03. The van der Waals surface area contributed by atoms with Gasteiger partial charge in [-0.25, -0.2) is 0 Å². The van der Waals surface area contributed by atoms with Gasteiger partial charge in [0.1, 0.15) is 5.56 Å². The fraction of sp³-hybridized carbons (Fsp3) is 0.0833. The molecule has 0 radical (unpaired) electrons. The smallest absolute Gasteiger partial charge is 0.261 e. The summed E-state index contributed by atoms with van der Waals surface area (Å²) in [6, 6.07) is 6.48. The summed E-state index contributed by atoms with van der Waals surface area (Å²) in [6.45, 7) is 1.82. The summed E-state index contributed by atoms with van der Waals surface area (Å²) in [5.74, 6) is -0.433. The number of pyridine rings is 2. The van der Waals surface area contributed by atoms with Crippen LogP contribution >= 0.6 is 0 Å². The normalized spacial score (nSPS) is 9.94. The Bertz CT molecular complexity index is 604. The van der Waals surface area contributed by atoms with Gasteiger partial charge in [0.25, 0.3) is 11.5 Å². The number of nitrogens with zero attached hydrogens (tertiary/aromatic N) is 1. The maximum atomic E-state index is 11.8. The van der Waals surface area contributed by atoms with Gasteiger partial charge in [-0.2, -0.15) is 0 Å². The van der Waals surface area contributed by atoms with Gasteiger partial charge in [-0.1, -0.05) is 0 Å². The van der Waals surface area contributed by atoms with Crippen molar-refractivity contribution in [3.8, 4) is 0 Å². The Balaban J connectivity index is 2.23. The summed E-state index contributed by atoms with van der Waals surface area (Å²) in [7, 11) is 0. The lowest BCUT2D eigenvalue weighted by molar-refractivity contribution is 0.102. The van der Waals surface area contributed by atoms with Gasteiger partial charge in [0.15, 0.2) is 0 Å². The molecule has 5 heteroatoms. The van der Waals surface area contributed by atoms with E-state index in [-0.39, 0.29) is 5.56 Å². The van der Waals surface area contributed by atoms with Crippen LogP contribution in [0.1, 0.15) is 16.1 Å². The number of aromatic amines is 1. The number of rotatable bonds is 2. The van der Waals surface area contributed by atoms with E-state index in [0.29, 0.717) is 5.69 Å². The molecule has 2 aromatic heterocycles. The molecule has 1 amide bonds. The Kier molecular flexibility index (Phi) is 3.00. The maximum Gasteiger partial charge on any atom is 0.261 e. The van der Waals surface area contributed by atoms with Gasteiger partial charge >= 0.3 is 0 Å². The number of H-pyrrole nitrogens is 1. The number of aryl methyl sites for hydroxylation is 1. The van der Waals surface area contributed by atoms with E-state index < -0.39 is 11.5 Å². The third-order valence-corrected chi connectivity index (χ3v) is 2.22. The molecule has 2 rings (SSSR count). The van der Waals surface area contributed by atoms with Crippen LogP contribution in [0.2, 0.25) is 0 Å². The number of amides is 1. The van der Waals surface area contributed by atoms with Crippen molar-refractivity contribution in [1.82, 2.24) is 9.97 Å². The number of nitrogens with one attached hydrogen (secondary N) is 2. The largest absolute Gasteiger partial charge is 0.328 e. The molecule has 2 aromatic rings. The molecule has 0 aromatic carbocycles. The van der Waals surface area contributed by atoms with Gasteiger partial charge in [0.2, 0.25) is 0 Å². The predicted molar refractivity (Wildman–Crippen MR) is 64.0 cm³/mol. The van der Waals surface area contributed by atoms with E-state index in [1.165, 1.54) is 12.3 Å². The highest BCUT2D eigenvalue weighted by atomic mass is 16.2. The van der Waals surface area contributed by atoms with Crippen molar-refractivity contribution in [2.24, 2.45) is 0 Å². The number of hydrogen-bond acceptors (Lipinski definition) is 3. The molecule has 86 valence electrons. The van der Waals surface area contributed by atoms with Crippen molar-refractivity contribution in [3.05, 3.63) is 58.3 Å². The van der Waals surface area contributed by atoms with Crippen LogP contribution in [0, 0.1) is 6.92 Å². The molecule has 0 aliphatic rings. The zero-order valence-electron chi connectivity index (χ0n) is 9.23. The number of anilines is 1. The molecule has 0 spiro atoms. The monoisotopic (exact) mass is 229 g/mol. The van der Waals surface area contributed by atoms with Crippen LogP contribution < -0.4 is 10.9 Å². The molecule has 0 aliphatic carbocycles. The Morgan fingerprint density at radius 2 is 2.24 bits per heavy atom. The molecule has 0 aliphatic heterocycles. The van der Waals surface area contributed by atoms with Gasteiger partial charge in [-0.3, -0.25) is 14.6 Å². The summed E-state index contributed by atoms with van der Waals surface area (Å²) in [5.41, 5.74) is 1.09. The number of carbonyl (C=O) groups is 1. The number of carbonyl (C=O) groups excluding carboxylic acids is 1. The summed E-state index contributed by atoms with van der Waals surface area (Å²) >= 11 is 0.